The Kier molecular flexibility index (Phi) is 1.38. The highest BCUT2D eigenvalue weighted by Gasteiger charge is 2.10. The summed E-state index contributed by atoms with van der Waals surface area (Å²) in [6, 6.07) is 1.89. The van der Waals surface area contributed by atoms with Gasteiger partial charge in [-0.2, -0.15) is 0 Å². The molecule has 1 aromatic rings. The van der Waals surface area contributed by atoms with E-state index >= 15 is 0 Å². The molecule has 58 valence electrons. The minimum Gasteiger partial charge on any atom is -0.465 e. The van der Waals surface area contributed by atoms with Gasteiger partial charge >= 0.3 is 0 Å². The molecule has 0 unspecified atom stereocenters. The maximum Gasteiger partial charge on any atom is 0.299 e. The number of fused-ring (bicyclic) bond motifs is 1. The van der Waals surface area contributed by atoms with E-state index < -0.39 is 0 Å². The molecule has 11 heavy (non-hydrogen) atoms. The zero-order chi connectivity index (χ0) is 7.68. The van der Waals surface area contributed by atoms with Gasteiger partial charge in [0, 0.05) is 18.8 Å². The monoisotopic (exact) mass is 152 g/mol. The first kappa shape index (κ1) is 6.39. The summed E-state index contributed by atoms with van der Waals surface area (Å²) in [4.78, 5) is 15.0. The van der Waals surface area contributed by atoms with Crippen molar-refractivity contribution >= 4 is 0 Å². The minimum absolute atomic E-state index is 0.0327. The molecular formula is C7H8N2O2. The van der Waals surface area contributed by atoms with Gasteiger partial charge in [0.25, 0.3) is 11.6 Å². The average molecular weight is 152 g/mol. The van der Waals surface area contributed by atoms with Crippen LogP contribution in [0.5, 0.6) is 6.01 Å². The molecule has 0 saturated heterocycles. The topological polar surface area (TPSA) is 44.1 Å². The summed E-state index contributed by atoms with van der Waals surface area (Å²) in [7, 11) is 0. The van der Waals surface area contributed by atoms with Gasteiger partial charge in [0.2, 0.25) is 0 Å². The fourth-order valence-corrected chi connectivity index (χ4v) is 1.13. The SMILES string of the molecule is O=c1ccnc2n1CCCO2. The van der Waals surface area contributed by atoms with E-state index in [4.69, 9.17) is 4.74 Å². The van der Waals surface area contributed by atoms with Crippen LogP contribution in [-0.4, -0.2) is 16.2 Å². The lowest BCUT2D eigenvalue weighted by Crippen LogP contribution is -2.27. The second kappa shape index (κ2) is 2.38. The van der Waals surface area contributed by atoms with Crippen molar-refractivity contribution < 1.29 is 4.74 Å². The Balaban J connectivity index is 2.58. The molecular weight excluding hydrogens is 144 g/mol. The smallest absolute Gasteiger partial charge is 0.299 e. The van der Waals surface area contributed by atoms with Crippen LogP contribution in [0.2, 0.25) is 0 Å². The third-order valence-corrected chi connectivity index (χ3v) is 1.66. The summed E-state index contributed by atoms with van der Waals surface area (Å²) in [6.45, 7) is 1.39. The Morgan fingerprint density at radius 3 is 3.36 bits per heavy atom. The predicted octanol–water partition coefficient (Wildman–Crippen LogP) is 0.0258. The lowest BCUT2D eigenvalue weighted by Gasteiger charge is -2.16. The van der Waals surface area contributed by atoms with E-state index in [9.17, 15) is 4.79 Å². The van der Waals surface area contributed by atoms with Gasteiger partial charge in [0.1, 0.15) is 0 Å². The lowest BCUT2D eigenvalue weighted by atomic mass is 10.4. The number of hydrogen-bond donors (Lipinski definition) is 0. The summed E-state index contributed by atoms with van der Waals surface area (Å²) in [5.41, 5.74) is -0.0327. The molecule has 0 spiro atoms. The highest BCUT2D eigenvalue weighted by Crippen LogP contribution is 2.08. The molecule has 0 atom stereocenters. The van der Waals surface area contributed by atoms with Crippen LogP contribution >= 0.6 is 0 Å². The first-order chi connectivity index (χ1) is 5.38. The Bertz CT molecular complexity index is 318. The van der Waals surface area contributed by atoms with E-state index in [1.807, 2.05) is 0 Å². The quantitative estimate of drug-likeness (QED) is 0.526. The van der Waals surface area contributed by atoms with E-state index in [2.05, 4.69) is 4.98 Å². The van der Waals surface area contributed by atoms with Crippen molar-refractivity contribution in [2.45, 2.75) is 13.0 Å². The van der Waals surface area contributed by atoms with Crippen molar-refractivity contribution in [3.8, 4) is 6.01 Å². The fourth-order valence-electron chi connectivity index (χ4n) is 1.13. The minimum atomic E-state index is -0.0327. The van der Waals surface area contributed by atoms with E-state index in [0.29, 0.717) is 12.6 Å². The van der Waals surface area contributed by atoms with Crippen molar-refractivity contribution in [2.75, 3.05) is 6.61 Å². The van der Waals surface area contributed by atoms with Crippen molar-refractivity contribution in [3.63, 3.8) is 0 Å². The maximum atomic E-state index is 11.1. The summed E-state index contributed by atoms with van der Waals surface area (Å²) >= 11 is 0. The third-order valence-electron chi connectivity index (χ3n) is 1.66. The zero-order valence-electron chi connectivity index (χ0n) is 5.99. The molecule has 0 aliphatic carbocycles. The summed E-state index contributed by atoms with van der Waals surface area (Å²) in [5, 5.41) is 0. The molecule has 2 rings (SSSR count). The van der Waals surface area contributed by atoms with Crippen LogP contribution in [0.1, 0.15) is 6.42 Å². The lowest BCUT2D eigenvalue weighted by molar-refractivity contribution is 0.222. The van der Waals surface area contributed by atoms with Gasteiger partial charge in [-0.15, -0.1) is 0 Å². The second-order valence-corrected chi connectivity index (χ2v) is 2.42. The van der Waals surface area contributed by atoms with Crippen LogP contribution in [0.25, 0.3) is 0 Å². The highest BCUT2D eigenvalue weighted by molar-refractivity contribution is 5.00. The third kappa shape index (κ3) is 1.00. The first-order valence-corrected chi connectivity index (χ1v) is 3.56. The van der Waals surface area contributed by atoms with E-state index in [0.717, 1.165) is 13.0 Å². The van der Waals surface area contributed by atoms with Crippen molar-refractivity contribution in [1.82, 2.24) is 9.55 Å². The Hall–Kier alpha value is -1.32. The van der Waals surface area contributed by atoms with Gasteiger partial charge in [-0.05, 0) is 6.42 Å². The number of ether oxygens (including phenoxy) is 1. The summed E-state index contributed by atoms with van der Waals surface area (Å²) in [6.07, 6.45) is 2.36. The number of rotatable bonds is 0. The second-order valence-electron chi connectivity index (χ2n) is 2.42. The standard InChI is InChI=1S/C7H8N2O2/c10-6-2-3-8-7-9(6)4-1-5-11-7/h2-3H,1,4-5H2. The molecule has 0 saturated carbocycles. The first-order valence-electron chi connectivity index (χ1n) is 3.56. The van der Waals surface area contributed by atoms with Crippen molar-refractivity contribution in [3.05, 3.63) is 22.6 Å². The van der Waals surface area contributed by atoms with Crippen LogP contribution in [0.4, 0.5) is 0 Å². The highest BCUT2D eigenvalue weighted by atomic mass is 16.5. The number of hydrogen-bond acceptors (Lipinski definition) is 3. The van der Waals surface area contributed by atoms with Crippen LogP contribution < -0.4 is 10.3 Å². The van der Waals surface area contributed by atoms with Gasteiger partial charge in [-0.1, -0.05) is 0 Å². The van der Waals surface area contributed by atoms with Gasteiger partial charge in [0.15, 0.2) is 0 Å². The van der Waals surface area contributed by atoms with Crippen molar-refractivity contribution in [2.24, 2.45) is 0 Å². The maximum absolute atomic E-state index is 11.1. The molecule has 0 radical (unpaired) electrons. The van der Waals surface area contributed by atoms with Crippen molar-refractivity contribution in [1.29, 1.82) is 0 Å². The Morgan fingerprint density at radius 1 is 1.64 bits per heavy atom. The molecule has 4 heteroatoms. The summed E-state index contributed by atoms with van der Waals surface area (Å²) < 4.78 is 6.70. The molecule has 0 aromatic carbocycles. The number of nitrogens with zero attached hydrogens (tertiary/aromatic N) is 2. The van der Waals surface area contributed by atoms with Crippen LogP contribution in [0.3, 0.4) is 0 Å². The van der Waals surface area contributed by atoms with E-state index in [1.165, 1.54) is 12.3 Å². The molecule has 4 nitrogen and oxygen atoms in total. The Labute approximate surface area is 63.4 Å². The van der Waals surface area contributed by atoms with Gasteiger partial charge in [0.05, 0.1) is 6.61 Å². The summed E-state index contributed by atoms with van der Waals surface area (Å²) in [5.74, 6) is 0. The van der Waals surface area contributed by atoms with Crippen LogP contribution in [0, 0.1) is 0 Å². The zero-order valence-corrected chi connectivity index (χ0v) is 5.99. The predicted molar refractivity (Wildman–Crippen MR) is 38.6 cm³/mol. The van der Waals surface area contributed by atoms with E-state index in [-0.39, 0.29) is 5.56 Å². The largest absolute Gasteiger partial charge is 0.465 e. The van der Waals surface area contributed by atoms with Gasteiger partial charge < -0.3 is 4.74 Å². The molecule has 1 aromatic heterocycles. The van der Waals surface area contributed by atoms with Gasteiger partial charge in [-0.3, -0.25) is 9.36 Å². The average Bonchev–Trinajstić information content (AvgIpc) is 2.06. The molecule has 0 bridgehead atoms. The fraction of sp³-hybridized carbons (Fsp3) is 0.429. The molecule has 0 fully saturated rings. The van der Waals surface area contributed by atoms with Crippen LogP contribution in [0.15, 0.2) is 17.1 Å². The normalized spacial score (nSPS) is 15.3. The van der Waals surface area contributed by atoms with Gasteiger partial charge in [-0.25, -0.2) is 4.98 Å². The van der Waals surface area contributed by atoms with E-state index in [1.54, 1.807) is 4.57 Å². The molecule has 1 aliphatic rings. The Morgan fingerprint density at radius 2 is 2.55 bits per heavy atom. The molecule has 1 aliphatic heterocycles. The van der Waals surface area contributed by atoms with Crippen LogP contribution in [-0.2, 0) is 6.54 Å². The number of aromatic nitrogens is 2. The molecule has 0 N–H and O–H groups in total. The molecule has 2 heterocycles. The molecule has 0 amide bonds.